The first kappa shape index (κ1) is 22.4. The van der Waals surface area contributed by atoms with Gasteiger partial charge >= 0.3 is 6.18 Å². The summed E-state index contributed by atoms with van der Waals surface area (Å²) in [5, 5.41) is 7.46. The van der Waals surface area contributed by atoms with Crippen LogP contribution in [0, 0.1) is 0 Å². The maximum Gasteiger partial charge on any atom is 0.451 e. The third-order valence-corrected chi connectivity index (χ3v) is 5.71. The standard InChI is InChI=1S/C21H18F3N9O2/c1-31-17(12-7-25-10-26-8-12)13(16-18(31)27-11-28-19(16)35-2)3-4-15(34)32-5-6-33-14(9-32)29-30-20(33)21(22,23)24/h3-4,7-8,10-11H,5-6,9H2,1-2H3/b4-3+. The number of halogens is 3. The molecule has 1 aliphatic rings. The largest absolute Gasteiger partial charge is 0.480 e. The fourth-order valence-corrected chi connectivity index (χ4v) is 4.16. The first-order chi connectivity index (χ1) is 16.8. The van der Waals surface area contributed by atoms with Crippen molar-refractivity contribution >= 4 is 23.0 Å². The van der Waals surface area contributed by atoms with Gasteiger partial charge in [0.1, 0.15) is 18.3 Å². The molecule has 0 fully saturated rings. The minimum absolute atomic E-state index is 0.0563. The Kier molecular flexibility index (Phi) is 5.42. The quantitative estimate of drug-likeness (QED) is 0.404. The molecule has 35 heavy (non-hydrogen) atoms. The Balaban J connectivity index is 1.51. The molecular formula is C21H18F3N9O2. The highest BCUT2D eigenvalue weighted by atomic mass is 19.4. The van der Waals surface area contributed by atoms with Crippen molar-refractivity contribution in [2.75, 3.05) is 13.7 Å². The number of ether oxygens (including phenoxy) is 1. The van der Waals surface area contributed by atoms with Crippen LogP contribution >= 0.6 is 0 Å². The molecule has 5 heterocycles. The van der Waals surface area contributed by atoms with Crippen molar-refractivity contribution in [3.8, 4) is 17.1 Å². The van der Waals surface area contributed by atoms with Crippen LogP contribution in [-0.4, -0.2) is 63.7 Å². The van der Waals surface area contributed by atoms with Gasteiger partial charge in [0, 0.05) is 49.7 Å². The zero-order chi connectivity index (χ0) is 24.7. The summed E-state index contributed by atoms with van der Waals surface area (Å²) in [6, 6.07) is 0. The van der Waals surface area contributed by atoms with E-state index in [-0.39, 0.29) is 25.5 Å². The summed E-state index contributed by atoms with van der Waals surface area (Å²) in [6.07, 6.45) is 4.41. The molecule has 0 unspecified atom stereocenters. The molecule has 0 radical (unpaired) electrons. The molecule has 1 aliphatic heterocycles. The minimum Gasteiger partial charge on any atom is -0.480 e. The van der Waals surface area contributed by atoms with Crippen LogP contribution < -0.4 is 4.74 Å². The fraction of sp³-hybridized carbons (Fsp3) is 0.286. The van der Waals surface area contributed by atoms with E-state index in [2.05, 4.69) is 30.1 Å². The topological polar surface area (TPSA) is 117 Å². The number of alkyl halides is 3. The maximum absolute atomic E-state index is 13.1. The molecule has 0 aromatic carbocycles. The van der Waals surface area contributed by atoms with Crippen LogP contribution in [0.3, 0.4) is 0 Å². The summed E-state index contributed by atoms with van der Waals surface area (Å²) in [6.45, 7) is -0.0639. The normalized spacial score (nSPS) is 14.0. The van der Waals surface area contributed by atoms with Gasteiger partial charge in [-0.05, 0) is 6.08 Å². The summed E-state index contributed by atoms with van der Waals surface area (Å²) in [4.78, 5) is 31.1. The van der Waals surface area contributed by atoms with Gasteiger partial charge in [-0.25, -0.2) is 19.9 Å². The average Bonchev–Trinajstić information content (AvgIpc) is 3.41. The summed E-state index contributed by atoms with van der Waals surface area (Å²) in [7, 11) is 3.30. The van der Waals surface area contributed by atoms with E-state index in [4.69, 9.17) is 4.74 Å². The minimum atomic E-state index is -4.61. The Morgan fingerprint density at radius 2 is 1.89 bits per heavy atom. The second-order valence-corrected chi connectivity index (χ2v) is 7.71. The van der Waals surface area contributed by atoms with Crippen molar-refractivity contribution in [1.82, 2.24) is 44.2 Å². The Hall–Kier alpha value is -4.36. The molecule has 0 spiro atoms. The van der Waals surface area contributed by atoms with Gasteiger partial charge in [0.25, 0.3) is 0 Å². The van der Waals surface area contributed by atoms with Crippen LogP contribution in [0.25, 0.3) is 28.4 Å². The zero-order valence-electron chi connectivity index (χ0n) is 18.6. The number of fused-ring (bicyclic) bond motifs is 2. The lowest BCUT2D eigenvalue weighted by Gasteiger charge is -2.27. The molecule has 4 aromatic rings. The predicted octanol–water partition coefficient (Wildman–Crippen LogP) is 2.10. The second kappa shape index (κ2) is 8.45. The number of nitrogens with zero attached hydrogens (tertiary/aromatic N) is 9. The van der Waals surface area contributed by atoms with Gasteiger partial charge in [0.05, 0.1) is 24.7 Å². The van der Waals surface area contributed by atoms with E-state index >= 15 is 0 Å². The van der Waals surface area contributed by atoms with E-state index in [1.807, 2.05) is 11.6 Å². The maximum atomic E-state index is 13.1. The van der Waals surface area contributed by atoms with Crippen molar-refractivity contribution in [3.63, 3.8) is 0 Å². The molecule has 14 heteroatoms. The van der Waals surface area contributed by atoms with Crippen LogP contribution in [0.2, 0.25) is 0 Å². The predicted molar refractivity (Wildman–Crippen MR) is 116 cm³/mol. The van der Waals surface area contributed by atoms with Crippen LogP contribution in [0.5, 0.6) is 5.88 Å². The second-order valence-electron chi connectivity index (χ2n) is 7.71. The van der Waals surface area contributed by atoms with Crippen LogP contribution in [0.4, 0.5) is 13.2 Å². The van der Waals surface area contributed by atoms with E-state index in [0.717, 1.165) is 4.57 Å². The lowest BCUT2D eigenvalue weighted by atomic mass is 10.1. The number of aromatic nitrogens is 8. The molecule has 0 saturated heterocycles. The SMILES string of the molecule is COc1ncnc2c1c(/C=C/C(=O)N1CCn3c(nnc3C(F)(F)F)C1)c(-c1cncnc1)n2C. The van der Waals surface area contributed by atoms with Crippen molar-refractivity contribution in [2.24, 2.45) is 7.05 Å². The Labute approximate surface area is 195 Å². The van der Waals surface area contributed by atoms with Gasteiger partial charge in [-0.15, -0.1) is 10.2 Å². The highest BCUT2D eigenvalue weighted by molar-refractivity contribution is 6.02. The summed E-state index contributed by atoms with van der Waals surface area (Å²) in [5.41, 5.74) is 2.57. The molecule has 11 nitrogen and oxygen atoms in total. The molecule has 4 aromatic heterocycles. The first-order valence-electron chi connectivity index (χ1n) is 10.4. The summed E-state index contributed by atoms with van der Waals surface area (Å²) >= 11 is 0. The number of aryl methyl sites for hydroxylation is 1. The summed E-state index contributed by atoms with van der Waals surface area (Å²) < 4.78 is 47.5. The van der Waals surface area contributed by atoms with Crippen LogP contribution in [0.15, 0.2) is 31.1 Å². The lowest BCUT2D eigenvalue weighted by molar-refractivity contribution is -0.148. The monoisotopic (exact) mass is 485 g/mol. The van der Waals surface area contributed by atoms with Gasteiger partial charge in [0.15, 0.2) is 5.82 Å². The molecule has 180 valence electrons. The zero-order valence-corrected chi connectivity index (χ0v) is 18.6. The van der Waals surface area contributed by atoms with Crippen LogP contribution in [0.1, 0.15) is 17.2 Å². The number of methoxy groups -OCH3 is 1. The van der Waals surface area contributed by atoms with Gasteiger partial charge in [-0.3, -0.25) is 4.79 Å². The molecule has 0 N–H and O–H groups in total. The highest BCUT2D eigenvalue weighted by Gasteiger charge is 2.39. The first-order valence-corrected chi connectivity index (χ1v) is 10.4. The van der Waals surface area contributed by atoms with Gasteiger partial charge in [0.2, 0.25) is 17.6 Å². The molecule has 0 atom stereocenters. The lowest BCUT2D eigenvalue weighted by Crippen LogP contribution is -2.38. The number of hydrogen-bond acceptors (Lipinski definition) is 8. The van der Waals surface area contributed by atoms with E-state index in [0.29, 0.717) is 33.7 Å². The third-order valence-electron chi connectivity index (χ3n) is 5.71. The van der Waals surface area contributed by atoms with Crippen molar-refractivity contribution in [1.29, 1.82) is 0 Å². The average molecular weight is 485 g/mol. The molecule has 0 aliphatic carbocycles. The van der Waals surface area contributed by atoms with Crippen molar-refractivity contribution in [3.05, 3.63) is 48.3 Å². The Bertz CT molecular complexity index is 1440. The van der Waals surface area contributed by atoms with E-state index in [1.54, 1.807) is 18.5 Å². The van der Waals surface area contributed by atoms with Crippen LogP contribution in [-0.2, 0) is 31.1 Å². The number of amides is 1. The molecule has 0 bridgehead atoms. The van der Waals surface area contributed by atoms with Crippen molar-refractivity contribution < 1.29 is 22.7 Å². The highest BCUT2D eigenvalue weighted by Crippen LogP contribution is 2.36. The number of carbonyl (C=O) groups is 1. The number of rotatable bonds is 4. The molecule has 1 amide bonds. The van der Waals surface area contributed by atoms with Gasteiger partial charge < -0.3 is 18.8 Å². The molecule has 0 saturated carbocycles. The molecule has 5 rings (SSSR count). The molecular weight excluding hydrogens is 467 g/mol. The van der Waals surface area contributed by atoms with Crippen molar-refractivity contribution in [2.45, 2.75) is 19.3 Å². The Morgan fingerprint density at radius 1 is 1.11 bits per heavy atom. The smallest absolute Gasteiger partial charge is 0.451 e. The third kappa shape index (κ3) is 3.86. The van der Waals surface area contributed by atoms with E-state index in [1.165, 1.54) is 30.7 Å². The number of carbonyl (C=O) groups excluding carboxylic acids is 1. The van der Waals surface area contributed by atoms with Gasteiger partial charge in [-0.1, -0.05) is 0 Å². The van der Waals surface area contributed by atoms with E-state index < -0.39 is 17.9 Å². The fourth-order valence-electron chi connectivity index (χ4n) is 4.16. The number of hydrogen-bond donors (Lipinski definition) is 0. The Morgan fingerprint density at radius 3 is 2.60 bits per heavy atom. The summed E-state index contributed by atoms with van der Waals surface area (Å²) in [5.74, 6) is -1.05. The van der Waals surface area contributed by atoms with Gasteiger partial charge in [-0.2, -0.15) is 13.2 Å². The van der Waals surface area contributed by atoms with E-state index in [9.17, 15) is 18.0 Å².